The summed E-state index contributed by atoms with van der Waals surface area (Å²) >= 11 is 13.3. The van der Waals surface area contributed by atoms with Crippen LogP contribution < -0.4 is 5.32 Å². The molecule has 2 aromatic rings. The third-order valence-electron chi connectivity index (χ3n) is 3.89. The van der Waals surface area contributed by atoms with E-state index in [4.69, 9.17) is 28.2 Å². The van der Waals surface area contributed by atoms with Crippen LogP contribution in [0.25, 0.3) is 0 Å². The fourth-order valence-corrected chi connectivity index (χ4v) is 3.78. The van der Waals surface area contributed by atoms with Crippen LogP contribution in [0.1, 0.15) is 12.8 Å². The van der Waals surface area contributed by atoms with Crippen molar-refractivity contribution in [2.24, 2.45) is 4.99 Å². The van der Waals surface area contributed by atoms with Gasteiger partial charge in [0, 0.05) is 18.8 Å². The van der Waals surface area contributed by atoms with E-state index in [9.17, 15) is 4.79 Å². The number of para-hydroxylation sites is 1. The van der Waals surface area contributed by atoms with Crippen LogP contribution >= 0.6 is 35.0 Å². The van der Waals surface area contributed by atoms with Gasteiger partial charge >= 0.3 is 0 Å². The molecule has 7 heteroatoms. The molecule has 26 heavy (non-hydrogen) atoms. The smallest absolute Gasteiger partial charge is 0.234 e. The summed E-state index contributed by atoms with van der Waals surface area (Å²) in [7, 11) is 0. The summed E-state index contributed by atoms with van der Waals surface area (Å²) in [5, 5.41) is 4.61. The molecule has 1 saturated heterocycles. The third-order valence-corrected chi connectivity index (χ3v) is 5.65. The molecule has 0 atom stereocenters. The molecule has 1 aliphatic rings. The molecule has 1 aliphatic heterocycles. The molecule has 1 N–H and O–H groups in total. The van der Waals surface area contributed by atoms with Crippen LogP contribution in [-0.4, -0.2) is 34.8 Å². The molecule has 2 aromatic carbocycles. The summed E-state index contributed by atoms with van der Waals surface area (Å²) in [5.74, 6) is 0.177. The van der Waals surface area contributed by atoms with Crippen molar-refractivity contribution in [3.63, 3.8) is 0 Å². The van der Waals surface area contributed by atoms with E-state index in [1.807, 2.05) is 30.3 Å². The average molecular weight is 408 g/mol. The van der Waals surface area contributed by atoms with Crippen molar-refractivity contribution in [1.29, 1.82) is 0 Å². The van der Waals surface area contributed by atoms with E-state index in [0.29, 0.717) is 15.7 Å². The molecule has 0 aliphatic carbocycles. The minimum Gasteiger partial charge on any atom is -0.351 e. The van der Waals surface area contributed by atoms with Gasteiger partial charge in [-0.05, 0) is 43.2 Å². The first-order valence-electron chi connectivity index (χ1n) is 8.38. The van der Waals surface area contributed by atoms with Crippen molar-refractivity contribution >= 4 is 57.4 Å². The average Bonchev–Trinajstić information content (AvgIpc) is 3.17. The Labute approximate surface area is 167 Å². The van der Waals surface area contributed by atoms with Gasteiger partial charge in [-0.25, -0.2) is 4.99 Å². The highest BCUT2D eigenvalue weighted by Gasteiger charge is 2.18. The van der Waals surface area contributed by atoms with Crippen molar-refractivity contribution in [2.75, 3.05) is 24.2 Å². The van der Waals surface area contributed by atoms with Gasteiger partial charge in [0.05, 0.1) is 21.5 Å². The fourth-order valence-electron chi connectivity index (χ4n) is 2.62. The molecule has 0 unspecified atom stereocenters. The predicted molar refractivity (Wildman–Crippen MR) is 112 cm³/mol. The monoisotopic (exact) mass is 407 g/mol. The van der Waals surface area contributed by atoms with E-state index in [-0.39, 0.29) is 11.7 Å². The molecule has 1 heterocycles. The van der Waals surface area contributed by atoms with Gasteiger partial charge in [-0.15, -0.1) is 0 Å². The normalized spacial score (nSPS) is 14.5. The van der Waals surface area contributed by atoms with E-state index in [0.717, 1.165) is 36.8 Å². The zero-order valence-corrected chi connectivity index (χ0v) is 16.4. The number of thioether (sulfide) groups is 1. The number of carbonyl (C=O) groups is 1. The summed E-state index contributed by atoms with van der Waals surface area (Å²) in [6, 6.07) is 14.9. The molecule has 136 valence electrons. The molecule has 1 fully saturated rings. The number of carbonyl (C=O) groups excluding carboxylic acids is 1. The van der Waals surface area contributed by atoms with Gasteiger partial charge in [-0.2, -0.15) is 0 Å². The maximum absolute atomic E-state index is 12.3. The lowest BCUT2D eigenvalue weighted by Crippen LogP contribution is -2.27. The van der Waals surface area contributed by atoms with Crippen molar-refractivity contribution < 1.29 is 4.79 Å². The molecule has 1 amide bonds. The second-order valence-corrected chi connectivity index (χ2v) is 7.65. The van der Waals surface area contributed by atoms with Crippen LogP contribution in [0.4, 0.5) is 11.4 Å². The molecular weight excluding hydrogens is 389 g/mol. The number of rotatable bonds is 4. The lowest BCUT2D eigenvalue weighted by atomic mass is 10.3. The topological polar surface area (TPSA) is 44.7 Å². The van der Waals surface area contributed by atoms with Gasteiger partial charge in [0.25, 0.3) is 0 Å². The van der Waals surface area contributed by atoms with Crippen LogP contribution in [-0.2, 0) is 4.79 Å². The van der Waals surface area contributed by atoms with Crippen LogP contribution in [0, 0.1) is 0 Å². The summed E-state index contributed by atoms with van der Waals surface area (Å²) < 4.78 is 0. The number of nitrogens with zero attached hydrogens (tertiary/aromatic N) is 2. The predicted octanol–water partition coefficient (Wildman–Crippen LogP) is 5.45. The van der Waals surface area contributed by atoms with Gasteiger partial charge < -0.3 is 10.2 Å². The van der Waals surface area contributed by atoms with E-state index < -0.39 is 0 Å². The third kappa shape index (κ3) is 5.40. The van der Waals surface area contributed by atoms with E-state index in [2.05, 4.69) is 10.2 Å². The van der Waals surface area contributed by atoms with Gasteiger partial charge in [0.1, 0.15) is 0 Å². The zero-order valence-electron chi connectivity index (χ0n) is 14.1. The van der Waals surface area contributed by atoms with Crippen LogP contribution in [0.5, 0.6) is 0 Å². The lowest BCUT2D eigenvalue weighted by Gasteiger charge is -2.19. The van der Waals surface area contributed by atoms with Crippen LogP contribution in [0.15, 0.2) is 53.5 Å². The Morgan fingerprint density at radius 1 is 1.08 bits per heavy atom. The van der Waals surface area contributed by atoms with Crippen LogP contribution in [0.3, 0.4) is 0 Å². The van der Waals surface area contributed by atoms with Gasteiger partial charge in [-0.3, -0.25) is 4.79 Å². The number of benzene rings is 2. The largest absolute Gasteiger partial charge is 0.351 e. The second kappa shape index (κ2) is 9.31. The zero-order chi connectivity index (χ0) is 18.4. The fraction of sp³-hybridized carbons (Fsp3) is 0.263. The molecule has 4 nitrogen and oxygen atoms in total. The van der Waals surface area contributed by atoms with E-state index in [1.165, 1.54) is 11.8 Å². The van der Waals surface area contributed by atoms with Gasteiger partial charge in [-0.1, -0.05) is 53.2 Å². The first-order chi connectivity index (χ1) is 12.6. The number of anilines is 1. The maximum atomic E-state index is 12.3. The number of likely N-dealkylation sites (tertiary alicyclic amines) is 1. The van der Waals surface area contributed by atoms with Crippen LogP contribution in [0.2, 0.25) is 10.0 Å². The highest BCUT2D eigenvalue weighted by Crippen LogP contribution is 2.25. The number of amidine groups is 1. The molecule has 3 rings (SSSR count). The number of hydrogen-bond donors (Lipinski definition) is 1. The highest BCUT2D eigenvalue weighted by molar-refractivity contribution is 8.14. The lowest BCUT2D eigenvalue weighted by molar-refractivity contribution is -0.113. The molecule has 0 spiro atoms. The molecule has 0 radical (unpaired) electrons. The summed E-state index contributed by atoms with van der Waals surface area (Å²) in [6.45, 7) is 1.96. The van der Waals surface area contributed by atoms with E-state index in [1.54, 1.807) is 18.2 Å². The number of aliphatic imine (C=N–C) groups is 1. The minimum absolute atomic E-state index is 0.103. The van der Waals surface area contributed by atoms with Crippen molar-refractivity contribution in [2.45, 2.75) is 12.8 Å². The Balaban J connectivity index is 1.64. The van der Waals surface area contributed by atoms with Crippen molar-refractivity contribution in [3.05, 3.63) is 58.6 Å². The first-order valence-corrected chi connectivity index (χ1v) is 10.1. The molecule has 0 aromatic heterocycles. The maximum Gasteiger partial charge on any atom is 0.234 e. The number of nitrogens with one attached hydrogen (secondary N) is 1. The molecular formula is C19H19Cl2N3OS. The molecule has 0 bridgehead atoms. The standard InChI is InChI=1S/C19H19Cl2N3OS/c20-16-9-8-15(12-17(16)21)22-18(25)13-26-19(24-10-4-5-11-24)23-14-6-2-1-3-7-14/h1-3,6-9,12H,4-5,10-11,13H2,(H,22,25). The summed E-state index contributed by atoms with van der Waals surface area (Å²) in [5.41, 5.74) is 1.53. The summed E-state index contributed by atoms with van der Waals surface area (Å²) in [6.07, 6.45) is 2.31. The Kier molecular flexibility index (Phi) is 6.83. The Bertz CT molecular complexity index is 793. The quantitative estimate of drug-likeness (QED) is 0.541. The van der Waals surface area contributed by atoms with Gasteiger partial charge in [0.2, 0.25) is 5.91 Å². The van der Waals surface area contributed by atoms with E-state index >= 15 is 0 Å². The van der Waals surface area contributed by atoms with Gasteiger partial charge in [0.15, 0.2) is 5.17 Å². The number of halogens is 2. The Hall–Kier alpha value is -1.69. The first kappa shape index (κ1) is 19.1. The highest BCUT2D eigenvalue weighted by atomic mass is 35.5. The van der Waals surface area contributed by atoms with Crippen molar-refractivity contribution in [1.82, 2.24) is 4.90 Å². The number of hydrogen-bond acceptors (Lipinski definition) is 3. The number of amides is 1. The molecule has 0 saturated carbocycles. The SMILES string of the molecule is O=C(CSC(=Nc1ccccc1)N1CCCC1)Nc1ccc(Cl)c(Cl)c1. The Morgan fingerprint density at radius 3 is 2.50 bits per heavy atom. The Morgan fingerprint density at radius 2 is 1.81 bits per heavy atom. The van der Waals surface area contributed by atoms with Crippen molar-refractivity contribution in [3.8, 4) is 0 Å². The second-order valence-electron chi connectivity index (χ2n) is 5.89. The summed E-state index contributed by atoms with van der Waals surface area (Å²) in [4.78, 5) is 19.3. The minimum atomic E-state index is -0.103.